The molecule has 10 heteroatoms. The van der Waals surface area contributed by atoms with E-state index >= 15 is 0 Å². The van der Waals surface area contributed by atoms with Gasteiger partial charge in [-0.05, 0) is 26.9 Å². The van der Waals surface area contributed by atoms with Crippen LogP contribution in [0.15, 0.2) is 17.3 Å². The predicted octanol–water partition coefficient (Wildman–Crippen LogP) is 0.453. The SMILES string of the molecule is CNCCCn1cc(S(=O)(=O)Nc2nnc(C)s2)cn1. The van der Waals surface area contributed by atoms with Crippen molar-refractivity contribution < 1.29 is 8.42 Å². The quantitative estimate of drug-likeness (QED) is 0.719. The van der Waals surface area contributed by atoms with Gasteiger partial charge in [-0.2, -0.15) is 5.10 Å². The van der Waals surface area contributed by atoms with E-state index in [2.05, 4.69) is 25.3 Å². The molecule has 0 saturated carbocycles. The monoisotopic (exact) mass is 316 g/mol. The lowest BCUT2D eigenvalue weighted by molar-refractivity contribution is 0.561. The smallest absolute Gasteiger partial charge is 0.266 e. The number of aromatic nitrogens is 4. The molecule has 0 atom stereocenters. The zero-order chi connectivity index (χ0) is 14.6. The summed E-state index contributed by atoms with van der Waals surface area (Å²) < 4.78 is 28.2. The Bertz CT molecular complexity index is 663. The zero-order valence-corrected chi connectivity index (χ0v) is 12.8. The average Bonchev–Trinajstić information content (AvgIpc) is 2.99. The summed E-state index contributed by atoms with van der Waals surface area (Å²) in [4.78, 5) is 0.120. The first-order valence-corrected chi connectivity index (χ1v) is 8.31. The minimum Gasteiger partial charge on any atom is -0.320 e. The van der Waals surface area contributed by atoms with E-state index in [-0.39, 0.29) is 10.0 Å². The van der Waals surface area contributed by atoms with Crippen LogP contribution in [0.4, 0.5) is 5.13 Å². The molecule has 0 aliphatic rings. The second-order valence-corrected chi connectivity index (χ2v) is 6.99. The summed E-state index contributed by atoms with van der Waals surface area (Å²) >= 11 is 1.18. The molecule has 2 aromatic rings. The molecular weight excluding hydrogens is 300 g/mol. The maximum Gasteiger partial charge on any atom is 0.266 e. The highest BCUT2D eigenvalue weighted by Crippen LogP contribution is 2.18. The summed E-state index contributed by atoms with van der Waals surface area (Å²) in [5, 5.41) is 15.5. The summed E-state index contributed by atoms with van der Waals surface area (Å²) in [7, 11) is -1.78. The largest absolute Gasteiger partial charge is 0.320 e. The highest BCUT2D eigenvalue weighted by molar-refractivity contribution is 7.93. The molecule has 2 heterocycles. The fourth-order valence-corrected chi connectivity index (χ4v) is 3.31. The Kier molecular flexibility index (Phi) is 4.68. The molecule has 110 valence electrons. The van der Waals surface area contributed by atoms with Crippen molar-refractivity contribution in [2.24, 2.45) is 0 Å². The van der Waals surface area contributed by atoms with E-state index in [1.165, 1.54) is 23.7 Å². The van der Waals surface area contributed by atoms with E-state index in [1.54, 1.807) is 11.6 Å². The Morgan fingerprint density at radius 2 is 2.20 bits per heavy atom. The third kappa shape index (κ3) is 3.74. The Hall–Kier alpha value is -1.52. The van der Waals surface area contributed by atoms with Gasteiger partial charge in [0.25, 0.3) is 10.0 Å². The van der Waals surface area contributed by atoms with Gasteiger partial charge < -0.3 is 5.32 Å². The molecule has 2 N–H and O–H groups in total. The first-order valence-electron chi connectivity index (χ1n) is 6.01. The van der Waals surface area contributed by atoms with Crippen molar-refractivity contribution in [2.45, 2.75) is 24.8 Å². The summed E-state index contributed by atoms with van der Waals surface area (Å²) in [5.74, 6) is 0. The Morgan fingerprint density at radius 1 is 1.40 bits per heavy atom. The van der Waals surface area contributed by atoms with Crippen LogP contribution < -0.4 is 10.0 Å². The molecular formula is C10H16N6O2S2. The van der Waals surface area contributed by atoms with Crippen molar-refractivity contribution >= 4 is 26.5 Å². The van der Waals surface area contributed by atoms with Gasteiger partial charge in [0.2, 0.25) is 5.13 Å². The maximum absolute atomic E-state index is 12.1. The van der Waals surface area contributed by atoms with Crippen molar-refractivity contribution in [1.82, 2.24) is 25.3 Å². The van der Waals surface area contributed by atoms with E-state index < -0.39 is 10.0 Å². The first-order chi connectivity index (χ1) is 9.51. The molecule has 8 nitrogen and oxygen atoms in total. The fraction of sp³-hybridized carbons (Fsp3) is 0.500. The molecule has 0 aliphatic carbocycles. The van der Waals surface area contributed by atoms with Crippen LogP contribution in [0, 0.1) is 6.92 Å². The van der Waals surface area contributed by atoms with Crippen LogP contribution in [-0.2, 0) is 16.6 Å². The zero-order valence-electron chi connectivity index (χ0n) is 11.2. The Morgan fingerprint density at radius 3 is 2.85 bits per heavy atom. The lowest BCUT2D eigenvalue weighted by Crippen LogP contribution is -2.13. The molecule has 2 rings (SSSR count). The number of aryl methyl sites for hydroxylation is 2. The van der Waals surface area contributed by atoms with Crippen molar-refractivity contribution in [3.05, 3.63) is 17.4 Å². The highest BCUT2D eigenvalue weighted by Gasteiger charge is 2.18. The number of hydrogen-bond donors (Lipinski definition) is 2. The van der Waals surface area contributed by atoms with Crippen LogP contribution in [-0.4, -0.2) is 42.0 Å². The second kappa shape index (κ2) is 6.29. The molecule has 0 bridgehead atoms. The van der Waals surface area contributed by atoms with Crippen LogP contribution in [0.25, 0.3) is 0 Å². The van der Waals surface area contributed by atoms with Crippen LogP contribution in [0.2, 0.25) is 0 Å². The summed E-state index contributed by atoms with van der Waals surface area (Å²) in [6.45, 7) is 3.27. The van der Waals surface area contributed by atoms with Gasteiger partial charge in [-0.3, -0.25) is 9.40 Å². The third-order valence-corrected chi connectivity index (χ3v) is 4.66. The fourth-order valence-electron chi connectivity index (χ4n) is 1.54. The normalized spacial score (nSPS) is 11.7. The van der Waals surface area contributed by atoms with Crippen LogP contribution in [0.5, 0.6) is 0 Å². The molecule has 0 unspecified atom stereocenters. The van der Waals surface area contributed by atoms with E-state index in [1.807, 2.05) is 7.05 Å². The molecule has 0 aliphatic heterocycles. The molecule has 20 heavy (non-hydrogen) atoms. The minimum absolute atomic E-state index is 0.120. The average molecular weight is 316 g/mol. The highest BCUT2D eigenvalue weighted by atomic mass is 32.2. The number of hydrogen-bond acceptors (Lipinski definition) is 7. The standard InChI is InChI=1S/C10H16N6O2S2/c1-8-13-14-10(19-8)15-20(17,18)9-6-12-16(7-9)5-3-4-11-2/h6-7,11H,3-5H2,1-2H3,(H,14,15). The molecule has 0 fully saturated rings. The lowest BCUT2D eigenvalue weighted by atomic mass is 10.4. The van der Waals surface area contributed by atoms with Gasteiger partial charge in [0.05, 0.1) is 6.20 Å². The van der Waals surface area contributed by atoms with Gasteiger partial charge in [-0.25, -0.2) is 8.42 Å². The van der Waals surface area contributed by atoms with Crippen molar-refractivity contribution in [1.29, 1.82) is 0 Å². The van der Waals surface area contributed by atoms with E-state index in [9.17, 15) is 8.42 Å². The van der Waals surface area contributed by atoms with Crippen molar-refractivity contribution in [3.63, 3.8) is 0 Å². The summed E-state index contributed by atoms with van der Waals surface area (Å²) in [5.41, 5.74) is 0. The molecule has 0 spiro atoms. The second-order valence-electron chi connectivity index (χ2n) is 4.13. The minimum atomic E-state index is -3.65. The summed E-state index contributed by atoms with van der Waals surface area (Å²) in [6.07, 6.45) is 3.71. The molecule has 0 radical (unpaired) electrons. The number of nitrogens with zero attached hydrogens (tertiary/aromatic N) is 4. The van der Waals surface area contributed by atoms with Gasteiger partial charge in [0.1, 0.15) is 9.90 Å². The molecule has 0 amide bonds. The van der Waals surface area contributed by atoms with E-state index in [0.717, 1.165) is 13.0 Å². The maximum atomic E-state index is 12.1. The number of rotatable bonds is 7. The Balaban J connectivity index is 2.06. The van der Waals surface area contributed by atoms with Crippen LogP contribution in [0.3, 0.4) is 0 Å². The molecule has 2 aromatic heterocycles. The Labute approximate surface area is 121 Å². The first kappa shape index (κ1) is 14.9. The lowest BCUT2D eigenvalue weighted by Gasteiger charge is -2.01. The topological polar surface area (TPSA) is 102 Å². The van der Waals surface area contributed by atoms with Crippen molar-refractivity contribution in [3.8, 4) is 0 Å². The third-order valence-electron chi connectivity index (χ3n) is 2.48. The van der Waals surface area contributed by atoms with Gasteiger partial charge in [-0.1, -0.05) is 11.3 Å². The summed E-state index contributed by atoms with van der Waals surface area (Å²) in [6, 6.07) is 0. The van der Waals surface area contributed by atoms with Crippen LogP contribution in [0.1, 0.15) is 11.4 Å². The van der Waals surface area contributed by atoms with Crippen LogP contribution >= 0.6 is 11.3 Å². The molecule has 0 saturated heterocycles. The van der Waals surface area contributed by atoms with Gasteiger partial charge in [0.15, 0.2) is 0 Å². The van der Waals surface area contributed by atoms with E-state index in [4.69, 9.17) is 0 Å². The predicted molar refractivity (Wildman–Crippen MR) is 76.2 cm³/mol. The molecule has 0 aromatic carbocycles. The van der Waals surface area contributed by atoms with Gasteiger partial charge in [0, 0.05) is 12.7 Å². The number of sulfonamides is 1. The van der Waals surface area contributed by atoms with Crippen molar-refractivity contribution in [2.75, 3.05) is 18.3 Å². The van der Waals surface area contributed by atoms with Gasteiger partial charge >= 0.3 is 0 Å². The van der Waals surface area contributed by atoms with E-state index in [0.29, 0.717) is 11.6 Å². The van der Waals surface area contributed by atoms with Gasteiger partial charge in [-0.15, -0.1) is 10.2 Å². The number of nitrogens with one attached hydrogen (secondary N) is 2. The number of anilines is 1.